The van der Waals surface area contributed by atoms with Gasteiger partial charge in [-0.15, -0.1) is 0 Å². The second kappa shape index (κ2) is 4.61. The second-order valence-corrected chi connectivity index (χ2v) is 4.71. The van der Waals surface area contributed by atoms with E-state index in [-0.39, 0.29) is 16.6 Å². The van der Waals surface area contributed by atoms with E-state index in [4.69, 9.17) is 16.0 Å². The van der Waals surface area contributed by atoms with E-state index >= 15 is 0 Å². The zero-order valence-electron chi connectivity index (χ0n) is 10.3. The third kappa shape index (κ3) is 2.02. The largest absolute Gasteiger partial charge is 0.463 e. The molecule has 1 aromatic heterocycles. The van der Waals surface area contributed by atoms with Gasteiger partial charge >= 0.3 is 5.97 Å². The first kappa shape index (κ1) is 12.6. The Hall–Kier alpha value is -2.40. The Labute approximate surface area is 118 Å². The Morgan fingerprint density at radius 1 is 1.30 bits per heavy atom. The fourth-order valence-corrected chi connectivity index (χ4v) is 2.06. The third-order valence-electron chi connectivity index (χ3n) is 2.94. The van der Waals surface area contributed by atoms with Crippen LogP contribution in [0.25, 0.3) is 17.0 Å². The summed E-state index contributed by atoms with van der Waals surface area (Å²) in [6, 6.07) is 4.78. The molecule has 0 bridgehead atoms. The lowest BCUT2D eigenvalue weighted by Crippen LogP contribution is -2.08. The first-order chi connectivity index (χ1) is 9.56. The second-order valence-electron chi connectivity index (χ2n) is 4.27. The average molecular weight is 290 g/mol. The van der Waals surface area contributed by atoms with Crippen molar-refractivity contribution in [2.24, 2.45) is 5.16 Å². The van der Waals surface area contributed by atoms with Crippen LogP contribution in [0.1, 0.15) is 12.5 Å². The van der Waals surface area contributed by atoms with Gasteiger partial charge in [0, 0.05) is 5.02 Å². The maximum absolute atomic E-state index is 12.3. The molecule has 0 aliphatic carbocycles. The van der Waals surface area contributed by atoms with E-state index in [9.17, 15) is 9.59 Å². The van der Waals surface area contributed by atoms with Gasteiger partial charge in [0.25, 0.3) is 0 Å². The molecule has 0 N–H and O–H groups in total. The summed E-state index contributed by atoms with van der Waals surface area (Å²) in [6.45, 7) is 1.62. The molecular formula is C14H8ClNO4. The van der Waals surface area contributed by atoms with Crippen molar-refractivity contribution in [3.05, 3.63) is 50.8 Å². The first-order valence-corrected chi connectivity index (χ1v) is 6.13. The van der Waals surface area contributed by atoms with Crippen molar-refractivity contribution in [3.63, 3.8) is 0 Å². The molecule has 20 heavy (non-hydrogen) atoms. The summed E-state index contributed by atoms with van der Waals surface area (Å²) in [5.41, 5.74) is 1.05. The molecule has 1 aliphatic rings. The zero-order valence-corrected chi connectivity index (χ0v) is 11.1. The summed E-state index contributed by atoms with van der Waals surface area (Å²) >= 11 is 5.87. The van der Waals surface area contributed by atoms with Gasteiger partial charge < -0.3 is 9.25 Å². The number of carbonyl (C=O) groups is 1. The molecule has 2 heterocycles. The molecule has 0 fully saturated rings. The lowest BCUT2D eigenvalue weighted by Gasteiger charge is -2.00. The number of hydrogen-bond acceptors (Lipinski definition) is 5. The standard InChI is InChI=1S/C14H8ClNO4/c1-7-10(14(18)20-16-7)4-8-6-19-12-3-2-9(15)5-11(12)13(8)17/h2-6H,1H3/b10-4-. The van der Waals surface area contributed by atoms with Crippen molar-refractivity contribution in [1.82, 2.24) is 0 Å². The number of hydrogen-bond donors (Lipinski definition) is 0. The van der Waals surface area contributed by atoms with Crippen molar-refractivity contribution >= 4 is 40.3 Å². The molecule has 5 nitrogen and oxygen atoms in total. The molecule has 0 radical (unpaired) electrons. The Morgan fingerprint density at radius 2 is 2.10 bits per heavy atom. The van der Waals surface area contributed by atoms with Crippen LogP contribution in [0.3, 0.4) is 0 Å². The van der Waals surface area contributed by atoms with E-state index in [1.807, 2.05) is 0 Å². The molecule has 3 rings (SSSR count). The first-order valence-electron chi connectivity index (χ1n) is 5.75. The van der Waals surface area contributed by atoms with Crippen LogP contribution in [0, 0.1) is 0 Å². The Balaban J connectivity index is 2.21. The Bertz CT molecular complexity index is 848. The van der Waals surface area contributed by atoms with Crippen LogP contribution in [-0.2, 0) is 9.63 Å². The highest BCUT2D eigenvalue weighted by atomic mass is 35.5. The number of fused-ring (bicyclic) bond motifs is 1. The van der Waals surface area contributed by atoms with Crippen molar-refractivity contribution in [2.45, 2.75) is 6.92 Å². The van der Waals surface area contributed by atoms with Crippen molar-refractivity contribution < 1.29 is 14.0 Å². The lowest BCUT2D eigenvalue weighted by atomic mass is 10.1. The van der Waals surface area contributed by atoms with Crippen molar-refractivity contribution in [1.29, 1.82) is 0 Å². The van der Waals surface area contributed by atoms with Gasteiger partial charge in [0.2, 0.25) is 0 Å². The smallest absolute Gasteiger partial charge is 0.367 e. The van der Waals surface area contributed by atoms with Gasteiger partial charge in [-0.3, -0.25) is 4.79 Å². The van der Waals surface area contributed by atoms with Crippen LogP contribution >= 0.6 is 11.6 Å². The highest BCUT2D eigenvalue weighted by Crippen LogP contribution is 2.19. The molecular weight excluding hydrogens is 282 g/mol. The molecule has 6 heteroatoms. The normalized spacial score (nSPS) is 16.6. The number of benzene rings is 1. The van der Waals surface area contributed by atoms with E-state index in [1.54, 1.807) is 19.1 Å². The zero-order chi connectivity index (χ0) is 14.3. The van der Waals surface area contributed by atoms with Crippen LogP contribution in [0.5, 0.6) is 0 Å². The van der Waals surface area contributed by atoms with Gasteiger partial charge in [0.05, 0.1) is 22.2 Å². The predicted molar refractivity (Wildman–Crippen MR) is 74.7 cm³/mol. The topological polar surface area (TPSA) is 68.9 Å². The summed E-state index contributed by atoms with van der Waals surface area (Å²) in [6.07, 6.45) is 2.70. The Kier molecular flexibility index (Phi) is 2.91. The molecule has 0 saturated carbocycles. The van der Waals surface area contributed by atoms with Crippen LogP contribution < -0.4 is 5.43 Å². The quantitative estimate of drug-likeness (QED) is 0.598. The minimum Gasteiger partial charge on any atom is -0.463 e. The van der Waals surface area contributed by atoms with Crippen LogP contribution in [0.15, 0.2) is 44.4 Å². The average Bonchev–Trinajstić information content (AvgIpc) is 2.74. The fourth-order valence-electron chi connectivity index (χ4n) is 1.89. The van der Waals surface area contributed by atoms with E-state index in [2.05, 4.69) is 9.99 Å². The van der Waals surface area contributed by atoms with Crippen molar-refractivity contribution in [2.75, 3.05) is 0 Å². The molecule has 0 atom stereocenters. The summed E-state index contributed by atoms with van der Waals surface area (Å²) < 4.78 is 5.36. The SMILES string of the molecule is CC1=NOC(=O)/C1=C\c1coc2ccc(Cl)cc2c1=O. The number of nitrogens with zero attached hydrogens (tertiary/aromatic N) is 1. The van der Waals surface area contributed by atoms with Gasteiger partial charge in [-0.2, -0.15) is 0 Å². The molecule has 0 spiro atoms. The van der Waals surface area contributed by atoms with E-state index in [0.29, 0.717) is 21.7 Å². The van der Waals surface area contributed by atoms with Crippen LogP contribution in [0.2, 0.25) is 5.02 Å². The number of rotatable bonds is 1. The highest BCUT2D eigenvalue weighted by molar-refractivity contribution is 6.31. The molecule has 0 saturated heterocycles. The highest BCUT2D eigenvalue weighted by Gasteiger charge is 2.22. The molecule has 100 valence electrons. The monoisotopic (exact) mass is 289 g/mol. The number of carbonyl (C=O) groups excluding carboxylic acids is 1. The molecule has 1 aliphatic heterocycles. The van der Waals surface area contributed by atoms with Gasteiger partial charge in [-0.05, 0) is 31.2 Å². The van der Waals surface area contributed by atoms with Gasteiger partial charge in [-0.25, -0.2) is 4.79 Å². The summed E-state index contributed by atoms with van der Waals surface area (Å²) in [4.78, 5) is 28.3. The lowest BCUT2D eigenvalue weighted by molar-refractivity contribution is -0.136. The summed E-state index contributed by atoms with van der Waals surface area (Å²) in [5.74, 6) is -0.590. The number of halogens is 1. The van der Waals surface area contributed by atoms with Crippen LogP contribution in [0.4, 0.5) is 0 Å². The Morgan fingerprint density at radius 3 is 2.80 bits per heavy atom. The summed E-state index contributed by atoms with van der Waals surface area (Å²) in [5, 5.41) is 4.34. The van der Waals surface area contributed by atoms with E-state index in [1.165, 1.54) is 18.4 Å². The maximum Gasteiger partial charge on any atom is 0.367 e. The van der Waals surface area contributed by atoms with Crippen LogP contribution in [-0.4, -0.2) is 11.7 Å². The molecule has 1 aromatic carbocycles. The molecule has 2 aromatic rings. The molecule has 0 amide bonds. The minimum absolute atomic E-state index is 0.235. The fraction of sp³-hybridized carbons (Fsp3) is 0.0714. The minimum atomic E-state index is -0.590. The predicted octanol–water partition coefficient (Wildman–Crippen LogP) is 2.76. The van der Waals surface area contributed by atoms with Gasteiger partial charge in [0.15, 0.2) is 5.43 Å². The third-order valence-corrected chi connectivity index (χ3v) is 3.17. The number of oxime groups is 1. The summed E-state index contributed by atoms with van der Waals surface area (Å²) in [7, 11) is 0. The van der Waals surface area contributed by atoms with Gasteiger partial charge in [-0.1, -0.05) is 16.8 Å². The molecule has 0 unspecified atom stereocenters. The van der Waals surface area contributed by atoms with Gasteiger partial charge in [0.1, 0.15) is 11.8 Å². The van der Waals surface area contributed by atoms with E-state index < -0.39 is 5.97 Å². The van der Waals surface area contributed by atoms with E-state index in [0.717, 1.165) is 0 Å². The maximum atomic E-state index is 12.3. The van der Waals surface area contributed by atoms with Crippen molar-refractivity contribution in [3.8, 4) is 0 Å².